The van der Waals surface area contributed by atoms with Gasteiger partial charge in [0, 0.05) is 18.2 Å². The van der Waals surface area contributed by atoms with Gasteiger partial charge in [0.1, 0.15) is 11.4 Å². The zero-order chi connectivity index (χ0) is 17.6. The summed E-state index contributed by atoms with van der Waals surface area (Å²) in [5, 5.41) is 3.00. The van der Waals surface area contributed by atoms with Crippen LogP contribution in [0.1, 0.15) is 25.5 Å². The summed E-state index contributed by atoms with van der Waals surface area (Å²) in [6, 6.07) is 5.28. The van der Waals surface area contributed by atoms with E-state index in [4.69, 9.17) is 4.74 Å². The fraction of sp³-hybridized carbons (Fsp3) is 0.471. The third-order valence-corrected chi connectivity index (χ3v) is 5.04. The molecule has 1 N–H and O–H groups in total. The van der Waals surface area contributed by atoms with E-state index in [1.165, 1.54) is 20.1 Å². The Morgan fingerprint density at radius 3 is 2.58 bits per heavy atom. The minimum Gasteiger partial charge on any atom is -0.468 e. The summed E-state index contributed by atoms with van der Waals surface area (Å²) in [5.41, 5.74) is -1.12. The highest BCUT2D eigenvalue weighted by molar-refractivity contribution is 6.09. The number of ether oxygens (including phenoxy) is 1. The van der Waals surface area contributed by atoms with Crippen LogP contribution in [0.3, 0.4) is 0 Å². The maximum Gasteiger partial charge on any atom is 0.326 e. The quantitative estimate of drug-likeness (QED) is 0.660. The first kappa shape index (κ1) is 16.6. The second kappa shape index (κ2) is 5.66. The molecule has 128 valence electrons. The molecule has 7 heteroatoms. The molecule has 0 spiro atoms. The minimum absolute atomic E-state index is 0.214. The maximum absolute atomic E-state index is 14.3. The van der Waals surface area contributed by atoms with E-state index in [1.807, 2.05) is 0 Å². The van der Waals surface area contributed by atoms with Crippen molar-refractivity contribution in [3.05, 3.63) is 35.6 Å². The average Bonchev–Trinajstić information content (AvgIpc) is 3.02. The molecule has 3 rings (SSSR count). The first-order valence-electron chi connectivity index (χ1n) is 7.82. The molecule has 4 atom stereocenters. The van der Waals surface area contributed by atoms with Crippen LogP contribution >= 0.6 is 0 Å². The topological polar surface area (TPSA) is 75.7 Å². The number of nitrogens with one attached hydrogen (secondary N) is 1. The van der Waals surface area contributed by atoms with Crippen molar-refractivity contribution in [2.24, 2.45) is 11.8 Å². The smallest absolute Gasteiger partial charge is 0.326 e. The predicted octanol–water partition coefficient (Wildman–Crippen LogP) is 1.02. The second-order valence-electron chi connectivity index (χ2n) is 6.26. The highest BCUT2D eigenvalue weighted by atomic mass is 19.1. The number of hydrogen-bond acceptors (Lipinski definition) is 5. The molecule has 6 nitrogen and oxygen atoms in total. The second-order valence-corrected chi connectivity index (χ2v) is 6.26. The standard InChI is InChI=1S/C17H19FN2O4/c1-4-20-14(21)11-12(15(20)22)17(2,16(23)24-3)19-13(11)9-7-5-6-8-10(9)18/h5-8,11-13,19H,4H2,1-3H3. The normalized spacial score (nSPS) is 32.2. The van der Waals surface area contributed by atoms with Crippen molar-refractivity contribution in [3.63, 3.8) is 0 Å². The van der Waals surface area contributed by atoms with Crippen molar-refractivity contribution < 1.29 is 23.5 Å². The zero-order valence-corrected chi connectivity index (χ0v) is 13.7. The Bertz CT molecular complexity index is 722. The number of amides is 2. The van der Waals surface area contributed by atoms with Crippen LogP contribution in [-0.4, -0.2) is 41.9 Å². The van der Waals surface area contributed by atoms with Crippen LogP contribution in [0.2, 0.25) is 0 Å². The molecule has 0 radical (unpaired) electrons. The number of carbonyl (C=O) groups excluding carboxylic acids is 3. The number of imide groups is 1. The van der Waals surface area contributed by atoms with E-state index in [0.29, 0.717) is 0 Å². The Morgan fingerprint density at radius 2 is 2.00 bits per heavy atom. The molecular formula is C17H19FN2O4. The number of hydrogen-bond donors (Lipinski definition) is 1. The lowest BCUT2D eigenvalue weighted by Crippen LogP contribution is -2.54. The van der Waals surface area contributed by atoms with Crippen molar-refractivity contribution in [1.29, 1.82) is 0 Å². The van der Waals surface area contributed by atoms with Gasteiger partial charge >= 0.3 is 5.97 Å². The lowest BCUT2D eigenvalue weighted by atomic mass is 9.80. The molecule has 2 aliphatic rings. The molecule has 2 saturated heterocycles. The number of likely N-dealkylation sites (tertiary alicyclic amines) is 1. The summed E-state index contributed by atoms with van der Waals surface area (Å²) >= 11 is 0. The summed E-state index contributed by atoms with van der Waals surface area (Å²) in [6.45, 7) is 3.44. The van der Waals surface area contributed by atoms with Crippen molar-refractivity contribution in [2.75, 3.05) is 13.7 Å². The highest BCUT2D eigenvalue weighted by Crippen LogP contribution is 2.49. The number of nitrogens with zero attached hydrogens (tertiary/aromatic N) is 1. The van der Waals surface area contributed by atoms with Crippen LogP contribution < -0.4 is 5.32 Å². The van der Waals surface area contributed by atoms with Gasteiger partial charge in [0.05, 0.1) is 18.9 Å². The van der Waals surface area contributed by atoms with E-state index < -0.39 is 41.1 Å². The van der Waals surface area contributed by atoms with Crippen molar-refractivity contribution in [1.82, 2.24) is 10.2 Å². The summed E-state index contributed by atoms with van der Waals surface area (Å²) in [4.78, 5) is 38.9. The third kappa shape index (κ3) is 2.07. The third-order valence-electron chi connectivity index (χ3n) is 5.04. The number of rotatable bonds is 3. The van der Waals surface area contributed by atoms with E-state index in [1.54, 1.807) is 25.1 Å². The molecule has 24 heavy (non-hydrogen) atoms. The van der Waals surface area contributed by atoms with Crippen LogP contribution in [0.25, 0.3) is 0 Å². The molecule has 0 aromatic heterocycles. The Labute approximate surface area is 139 Å². The summed E-state index contributed by atoms with van der Waals surface area (Å²) in [5.74, 6) is -3.69. The van der Waals surface area contributed by atoms with Gasteiger partial charge in [0.15, 0.2) is 0 Å². The SMILES string of the molecule is CCN1C(=O)C2C(c3ccccc3F)NC(C)(C(=O)OC)C2C1=O. The minimum atomic E-state index is -1.39. The number of carbonyl (C=O) groups is 3. The summed E-state index contributed by atoms with van der Waals surface area (Å²) in [6.07, 6.45) is 0. The van der Waals surface area contributed by atoms with Crippen LogP contribution in [0.15, 0.2) is 24.3 Å². The number of benzene rings is 1. The van der Waals surface area contributed by atoms with Gasteiger partial charge in [-0.1, -0.05) is 18.2 Å². The van der Waals surface area contributed by atoms with Crippen molar-refractivity contribution >= 4 is 17.8 Å². The van der Waals surface area contributed by atoms with E-state index in [0.717, 1.165) is 4.90 Å². The maximum atomic E-state index is 14.3. The number of halogens is 1. The van der Waals surface area contributed by atoms with Crippen molar-refractivity contribution in [3.8, 4) is 0 Å². The Kier molecular flexibility index (Phi) is 3.91. The monoisotopic (exact) mass is 334 g/mol. The Balaban J connectivity index is 2.13. The molecule has 2 fully saturated rings. The highest BCUT2D eigenvalue weighted by Gasteiger charge is 2.66. The Hall–Kier alpha value is -2.28. The lowest BCUT2D eigenvalue weighted by molar-refractivity contribution is -0.153. The van der Waals surface area contributed by atoms with Gasteiger partial charge in [-0.3, -0.25) is 24.6 Å². The number of fused-ring (bicyclic) bond motifs is 1. The van der Waals surface area contributed by atoms with Crippen LogP contribution in [0.4, 0.5) is 4.39 Å². The average molecular weight is 334 g/mol. The predicted molar refractivity (Wildman–Crippen MR) is 82.1 cm³/mol. The van der Waals surface area contributed by atoms with Crippen LogP contribution in [0, 0.1) is 17.7 Å². The van der Waals surface area contributed by atoms with Gasteiger partial charge < -0.3 is 4.74 Å². The van der Waals surface area contributed by atoms with Gasteiger partial charge in [-0.25, -0.2) is 4.39 Å². The zero-order valence-electron chi connectivity index (χ0n) is 13.7. The van der Waals surface area contributed by atoms with E-state index >= 15 is 0 Å². The first-order chi connectivity index (χ1) is 11.4. The Morgan fingerprint density at radius 1 is 1.33 bits per heavy atom. The molecule has 2 aliphatic heterocycles. The first-order valence-corrected chi connectivity index (χ1v) is 7.82. The lowest BCUT2D eigenvalue weighted by Gasteiger charge is -2.28. The van der Waals surface area contributed by atoms with Gasteiger partial charge in [-0.05, 0) is 19.9 Å². The number of esters is 1. The molecule has 0 saturated carbocycles. The van der Waals surface area contributed by atoms with Gasteiger partial charge in [-0.15, -0.1) is 0 Å². The van der Waals surface area contributed by atoms with Crippen LogP contribution in [-0.2, 0) is 19.1 Å². The molecule has 0 bridgehead atoms. The molecule has 2 heterocycles. The van der Waals surface area contributed by atoms with Gasteiger partial charge in [-0.2, -0.15) is 0 Å². The van der Waals surface area contributed by atoms with Crippen molar-refractivity contribution in [2.45, 2.75) is 25.4 Å². The van der Waals surface area contributed by atoms with E-state index in [2.05, 4.69) is 5.32 Å². The fourth-order valence-corrected chi connectivity index (χ4v) is 3.90. The van der Waals surface area contributed by atoms with E-state index in [-0.39, 0.29) is 18.0 Å². The molecule has 1 aromatic rings. The summed E-state index contributed by atoms with van der Waals surface area (Å²) in [7, 11) is 1.22. The summed E-state index contributed by atoms with van der Waals surface area (Å²) < 4.78 is 19.1. The molecule has 2 amide bonds. The van der Waals surface area contributed by atoms with Gasteiger partial charge in [0.25, 0.3) is 0 Å². The fourth-order valence-electron chi connectivity index (χ4n) is 3.90. The molecule has 1 aromatic carbocycles. The number of methoxy groups -OCH3 is 1. The molecule has 4 unspecified atom stereocenters. The largest absolute Gasteiger partial charge is 0.468 e. The van der Waals surface area contributed by atoms with E-state index in [9.17, 15) is 18.8 Å². The molecule has 0 aliphatic carbocycles. The van der Waals surface area contributed by atoms with Gasteiger partial charge in [0.2, 0.25) is 11.8 Å². The molecular weight excluding hydrogens is 315 g/mol. The van der Waals surface area contributed by atoms with Crippen LogP contribution in [0.5, 0.6) is 0 Å².